The maximum atomic E-state index is 4.32. The minimum absolute atomic E-state index is 0.509. The highest BCUT2D eigenvalue weighted by Gasteiger charge is 2.10. The molecule has 3 heterocycles. The normalized spacial score (nSPS) is 11.3. The first-order valence-electron chi connectivity index (χ1n) is 8.08. The van der Waals surface area contributed by atoms with Gasteiger partial charge in [-0.3, -0.25) is 9.38 Å². The van der Waals surface area contributed by atoms with Gasteiger partial charge in [-0.15, -0.1) is 10.2 Å². The van der Waals surface area contributed by atoms with Crippen molar-refractivity contribution in [1.29, 1.82) is 0 Å². The molecule has 0 aliphatic heterocycles. The molecule has 0 amide bonds. The van der Waals surface area contributed by atoms with Gasteiger partial charge in [0.15, 0.2) is 11.5 Å². The van der Waals surface area contributed by atoms with Crippen molar-refractivity contribution in [3.05, 3.63) is 72.7 Å². The summed E-state index contributed by atoms with van der Waals surface area (Å²) in [6.07, 6.45) is 5.66. The Balaban J connectivity index is 1.85. The Labute approximate surface area is 140 Å². The molecule has 0 unspecified atom stereocenters. The molecule has 0 atom stereocenters. The smallest absolute Gasteiger partial charge is 0.169 e. The van der Waals surface area contributed by atoms with E-state index in [0.717, 1.165) is 22.6 Å². The lowest BCUT2D eigenvalue weighted by Gasteiger charge is -2.09. The minimum Gasteiger partial charge on any atom is -0.282 e. The van der Waals surface area contributed by atoms with Crippen molar-refractivity contribution in [3.8, 4) is 22.5 Å². The first kappa shape index (κ1) is 14.6. The van der Waals surface area contributed by atoms with Gasteiger partial charge in [0, 0.05) is 24.2 Å². The maximum absolute atomic E-state index is 4.32. The summed E-state index contributed by atoms with van der Waals surface area (Å²) in [6, 6.07) is 16.7. The molecule has 4 heteroatoms. The van der Waals surface area contributed by atoms with E-state index >= 15 is 0 Å². The van der Waals surface area contributed by atoms with E-state index in [2.05, 4.69) is 65.6 Å². The molecule has 4 aromatic rings. The predicted octanol–water partition coefficient (Wildman–Crippen LogP) is 4.58. The van der Waals surface area contributed by atoms with Crippen LogP contribution < -0.4 is 0 Å². The van der Waals surface area contributed by atoms with Gasteiger partial charge in [0.1, 0.15) is 0 Å². The zero-order valence-corrected chi connectivity index (χ0v) is 13.7. The first-order chi connectivity index (χ1) is 11.7. The van der Waals surface area contributed by atoms with Crippen molar-refractivity contribution in [2.75, 3.05) is 0 Å². The highest BCUT2D eigenvalue weighted by atomic mass is 15.2. The topological polar surface area (TPSA) is 43.1 Å². The van der Waals surface area contributed by atoms with Crippen molar-refractivity contribution in [2.24, 2.45) is 0 Å². The van der Waals surface area contributed by atoms with Crippen LogP contribution in [0.2, 0.25) is 0 Å². The van der Waals surface area contributed by atoms with Crippen LogP contribution in [0.25, 0.3) is 28.2 Å². The molecule has 0 fully saturated rings. The maximum Gasteiger partial charge on any atom is 0.169 e. The standard InChI is InChI=1S/C20H18N4/c1-14(2)15-5-3-6-16(11-15)18-8-9-19-22-23-20(24(19)13-18)17-7-4-10-21-12-17/h3-14H,1-2H3. The summed E-state index contributed by atoms with van der Waals surface area (Å²) in [5.41, 5.74) is 5.48. The fraction of sp³-hybridized carbons (Fsp3) is 0.150. The SMILES string of the molecule is CC(C)c1cccc(-c2ccc3nnc(-c4cccnc4)n3c2)c1. The van der Waals surface area contributed by atoms with Gasteiger partial charge in [-0.2, -0.15) is 0 Å². The van der Waals surface area contributed by atoms with E-state index in [4.69, 9.17) is 0 Å². The van der Waals surface area contributed by atoms with Crippen LogP contribution in [0.15, 0.2) is 67.1 Å². The first-order valence-corrected chi connectivity index (χ1v) is 8.08. The van der Waals surface area contributed by atoms with Gasteiger partial charge in [0.25, 0.3) is 0 Å². The van der Waals surface area contributed by atoms with Crippen LogP contribution in [0.1, 0.15) is 25.3 Å². The molecular weight excluding hydrogens is 296 g/mol. The van der Waals surface area contributed by atoms with E-state index in [1.807, 2.05) is 28.8 Å². The van der Waals surface area contributed by atoms with Gasteiger partial charge in [0.05, 0.1) is 0 Å². The van der Waals surface area contributed by atoms with E-state index in [1.54, 1.807) is 6.20 Å². The van der Waals surface area contributed by atoms with Gasteiger partial charge in [-0.25, -0.2) is 0 Å². The monoisotopic (exact) mass is 314 g/mol. The summed E-state index contributed by atoms with van der Waals surface area (Å²) < 4.78 is 2.02. The van der Waals surface area contributed by atoms with Gasteiger partial charge in [0.2, 0.25) is 0 Å². The number of benzene rings is 1. The molecule has 0 saturated heterocycles. The molecule has 118 valence electrons. The van der Waals surface area contributed by atoms with E-state index in [1.165, 1.54) is 11.1 Å². The van der Waals surface area contributed by atoms with Crippen molar-refractivity contribution < 1.29 is 0 Å². The Hall–Kier alpha value is -3.01. The molecular formula is C20H18N4. The number of nitrogens with zero attached hydrogens (tertiary/aromatic N) is 4. The summed E-state index contributed by atoms with van der Waals surface area (Å²) in [7, 11) is 0. The molecule has 0 N–H and O–H groups in total. The lowest BCUT2D eigenvalue weighted by Crippen LogP contribution is -1.92. The molecule has 0 aliphatic rings. The molecule has 0 bridgehead atoms. The summed E-state index contributed by atoms with van der Waals surface area (Å²) in [5, 5.41) is 8.58. The number of pyridine rings is 2. The predicted molar refractivity (Wildman–Crippen MR) is 95.7 cm³/mol. The lowest BCUT2D eigenvalue weighted by molar-refractivity contribution is 0.867. The number of aromatic nitrogens is 4. The second-order valence-corrected chi connectivity index (χ2v) is 6.19. The number of hydrogen-bond donors (Lipinski definition) is 0. The van der Waals surface area contributed by atoms with Crippen molar-refractivity contribution in [1.82, 2.24) is 19.6 Å². The molecule has 1 aromatic carbocycles. The molecule has 0 radical (unpaired) electrons. The fourth-order valence-corrected chi connectivity index (χ4v) is 2.83. The summed E-state index contributed by atoms with van der Waals surface area (Å²) in [4.78, 5) is 4.18. The number of hydrogen-bond acceptors (Lipinski definition) is 3. The summed E-state index contributed by atoms with van der Waals surface area (Å²) in [6.45, 7) is 4.42. The van der Waals surface area contributed by atoms with Crippen LogP contribution in [-0.4, -0.2) is 19.6 Å². The van der Waals surface area contributed by atoms with Gasteiger partial charge in [-0.05, 0) is 46.9 Å². The van der Waals surface area contributed by atoms with Gasteiger partial charge in [-0.1, -0.05) is 38.1 Å². The molecule has 0 saturated carbocycles. The molecule has 0 aliphatic carbocycles. The fourth-order valence-electron chi connectivity index (χ4n) is 2.83. The van der Waals surface area contributed by atoms with Crippen LogP contribution in [0.3, 0.4) is 0 Å². The summed E-state index contributed by atoms with van der Waals surface area (Å²) in [5.74, 6) is 1.31. The average Bonchev–Trinajstić information content (AvgIpc) is 3.05. The van der Waals surface area contributed by atoms with Crippen LogP contribution >= 0.6 is 0 Å². The number of fused-ring (bicyclic) bond motifs is 1. The third kappa shape index (κ3) is 2.56. The lowest BCUT2D eigenvalue weighted by atomic mass is 9.98. The van der Waals surface area contributed by atoms with Crippen LogP contribution in [0.5, 0.6) is 0 Å². The Morgan fingerprint density at radius 3 is 2.54 bits per heavy atom. The van der Waals surface area contributed by atoms with Crippen molar-refractivity contribution in [3.63, 3.8) is 0 Å². The zero-order chi connectivity index (χ0) is 16.5. The van der Waals surface area contributed by atoms with Crippen molar-refractivity contribution in [2.45, 2.75) is 19.8 Å². The highest BCUT2D eigenvalue weighted by molar-refractivity contribution is 5.67. The second kappa shape index (κ2) is 5.89. The molecule has 3 aromatic heterocycles. The second-order valence-electron chi connectivity index (χ2n) is 6.19. The molecule has 24 heavy (non-hydrogen) atoms. The molecule has 4 nitrogen and oxygen atoms in total. The third-order valence-electron chi connectivity index (χ3n) is 4.21. The Kier molecular flexibility index (Phi) is 3.58. The summed E-state index contributed by atoms with van der Waals surface area (Å²) >= 11 is 0. The quantitative estimate of drug-likeness (QED) is 0.556. The molecule has 4 rings (SSSR count). The Bertz CT molecular complexity index is 987. The number of rotatable bonds is 3. The van der Waals surface area contributed by atoms with E-state index < -0.39 is 0 Å². The zero-order valence-electron chi connectivity index (χ0n) is 13.7. The average molecular weight is 314 g/mol. The van der Waals surface area contributed by atoms with E-state index in [9.17, 15) is 0 Å². The highest BCUT2D eigenvalue weighted by Crippen LogP contribution is 2.26. The van der Waals surface area contributed by atoms with Crippen LogP contribution in [0.4, 0.5) is 0 Å². The van der Waals surface area contributed by atoms with Crippen molar-refractivity contribution >= 4 is 5.65 Å². The molecule has 0 spiro atoms. The Morgan fingerprint density at radius 2 is 1.75 bits per heavy atom. The largest absolute Gasteiger partial charge is 0.282 e. The van der Waals surface area contributed by atoms with Crippen LogP contribution in [-0.2, 0) is 0 Å². The van der Waals surface area contributed by atoms with E-state index in [-0.39, 0.29) is 0 Å². The van der Waals surface area contributed by atoms with E-state index in [0.29, 0.717) is 5.92 Å². The third-order valence-corrected chi connectivity index (χ3v) is 4.21. The minimum atomic E-state index is 0.509. The van der Waals surface area contributed by atoms with Gasteiger partial charge >= 0.3 is 0 Å². The van der Waals surface area contributed by atoms with Crippen LogP contribution in [0, 0.1) is 0 Å². The van der Waals surface area contributed by atoms with Gasteiger partial charge < -0.3 is 0 Å². The Morgan fingerprint density at radius 1 is 0.875 bits per heavy atom.